The van der Waals surface area contributed by atoms with Crippen LogP contribution in [0.4, 0.5) is 23.0 Å². The summed E-state index contributed by atoms with van der Waals surface area (Å²) in [6.07, 6.45) is 3.09. The number of rotatable bonds is 5. The van der Waals surface area contributed by atoms with Crippen molar-refractivity contribution in [1.82, 2.24) is 9.97 Å². The zero-order chi connectivity index (χ0) is 20.9. The van der Waals surface area contributed by atoms with E-state index in [1.54, 1.807) is 12.4 Å². The minimum absolute atomic E-state index is 0.135. The lowest BCUT2D eigenvalue weighted by Crippen LogP contribution is -2.47. The molecule has 0 radical (unpaired) electrons. The molecule has 1 fully saturated rings. The number of hydrogen-bond donors (Lipinski definition) is 1. The summed E-state index contributed by atoms with van der Waals surface area (Å²) in [7, 11) is 0. The SMILES string of the molecule is O=C(Nc1cnc(N2CCN(c3ccccc3)CC2)nc1)c1cccc([N+](=O)[O-])c1. The molecule has 1 N–H and O–H groups in total. The maximum absolute atomic E-state index is 12.3. The number of aromatic nitrogens is 2. The van der Waals surface area contributed by atoms with Gasteiger partial charge in [-0.3, -0.25) is 14.9 Å². The summed E-state index contributed by atoms with van der Waals surface area (Å²) in [5, 5.41) is 13.5. The highest BCUT2D eigenvalue weighted by atomic mass is 16.6. The molecule has 0 atom stereocenters. The van der Waals surface area contributed by atoms with Crippen molar-refractivity contribution in [1.29, 1.82) is 0 Å². The molecule has 0 spiro atoms. The van der Waals surface area contributed by atoms with Crippen molar-refractivity contribution in [3.05, 3.63) is 82.7 Å². The van der Waals surface area contributed by atoms with Gasteiger partial charge in [0.1, 0.15) is 0 Å². The number of nitro benzene ring substituents is 1. The first-order valence-corrected chi connectivity index (χ1v) is 9.53. The average molecular weight is 404 g/mol. The number of carbonyl (C=O) groups is 1. The van der Waals surface area contributed by atoms with Crippen molar-refractivity contribution in [3.63, 3.8) is 0 Å². The number of nitrogens with one attached hydrogen (secondary N) is 1. The second-order valence-corrected chi connectivity index (χ2v) is 6.84. The Hall–Kier alpha value is -4.01. The van der Waals surface area contributed by atoms with Gasteiger partial charge in [0.15, 0.2) is 0 Å². The Bertz CT molecular complexity index is 1030. The number of hydrogen-bond acceptors (Lipinski definition) is 7. The summed E-state index contributed by atoms with van der Waals surface area (Å²) in [4.78, 5) is 35.8. The van der Waals surface area contributed by atoms with Gasteiger partial charge in [-0.1, -0.05) is 24.3 Å². The summed E-state index contributed by atoms with van der Waals surface area (Å²) in [5.74, 6) is 0.155. The first kappa shape index (κ1) is 19.3. The molecule has 9 heteroatoms. The van der Waals surface area contributed by atoms with Crippen LogP contribution in [0.25, 0.3) is 0 Å². The van der Waals surface area contributed by atoms with Crippen molar-refractivity contribution in [2.24, 2.45) is 0 Å². The molecule has 4 rings (SSSR count). The van der Waals surface area contributed by atoms with E-state index >= 15 is 0 Å². The first-order chi connectivity index (χ1) is 14.6. The fourth-order valence-corrected chi connectivity index (χ4v) is 3.32. The molecule has 0 unspecified atom stereocenters. The van der Waals surface area contributed by atoms with Crippen LogP contribution in [0.15, 0.2) is 67.0 Å². The molecule has 3 aromatic rings. The minimum Gasteiger partial charge on any atom is -0.368 e. The molecule has 30 heavy (non-hydrogen) atoms. The van der Waals surface area contributed by atoms with Crippen LogP contribution in [0.3, 0.4) is 0 Å². The van der Waals surface area contributed by atoms with Gasteiger partial charge in [-0.25, -0.2) is 9.97 Å². The molecule has 152 valence electrons. The fraction of sp³-hybridized carbons (Fsp3) is 0.190. The Kier molecular flexibility index (Phi) is 5.51. The molecule has 0 bridgehead atoms. The Balaban J connectivity index is 1.36. The van der Waals surface area contributed by atoms with E-state index < -0.39 is 10.8 Å². The van der Waals surface area contributed by atoms with E-state index in [-0.39, 0.29) is 11.3 Å². The fourth-order valence-electron chi connectivity index (χ4n) is 3.32. The lowest BCUT2D eigenvalue weighted by Gasteiger charge is -2.36. The van der Waals surface area contributed by atoms with E-state index in [1.165, 1.54) is 30.0 Å². The normalized spacial score (nSPS) is 13.7. The van der Waals surface area contributed by atoms with E-state index in [1.807, 2.05) is 18.2 Å². The molecule has 1 aromatic heterocycles. The quantitative estimate of drug-likeness (QED) is 0.515. The van der Waals surface area contributed by atoms with Crippen molar-refractivity contribution >= 4 is 28.9 Å². The smallest absolute Gasteiger partial charge is 0.270 e. The minimum atomic E-state index is -0.535. The summed E-state index contributed by atoms with van der Waals surface area (Å²) in [6.45, 7) is 3.35. The lowest BCUT2D eigenvalue weighted by molar-refractivity contribution is -0.384. The number of carbonyl (C=O) groups excluding carboxylic acids is 1. The van der Waals surface area contributed by atoms with Gasteiger partial charge in [-0.15, -0.1) is 0 Å². The molecule has 1 amide bonds. The highest BCUT2D eigenvalue weighted by Crippen LogP contribution is 2.19. The molecule has 2 aromatic carbocycles. The van der Waals surface area contributed by atoms with Crippen LogP contribution < -0.4 is 15.1 Å². The second-order valence-electron chi connectivity index (χ2n) is 6.84. The third kappa shape index (κ3) is 4.35. The number of amides is 1. The van der Waals surface area contributed by atoms with Crippen molar-refractivity contribution in [2.75, 3.05) is 41.3 Å². The molecular formula is C21H20N6O3. The number of para-hydroxylation sites is 1. The van der Waals surface area contributed by atoms with Crippen molar-refractivity contribution in [2.45, 2.75) is 0 Å². The molecule has 0 aliphatic carbocycles. The Morgan fingerprint density at radius 3 is 2.27 bits per heavy atom. The van der Waals surface area contributed by atoms with Crippen molar-refractivity contribution < 1.29 is 9.72 Å². The van der Waals surface area contributed by atoms with Gasteiger partial charge in [0.25, 0.3) is 11.6 Å². The maximum Gasteiger partial charge on any atom is 0.270 e. The van der Waals surface area contributed by atoms with Gasteiger partial charge in [0.2, 0.25) is 5.95 Å². The molecule has 2 heterocycles. The maximum atomic E-state index is 12.3. The zero-order valence-corrected chi connectivity index (χ0v) is 16.1. The molecule has 1 saturated heterocycles. The summed E-state index contributed by atoms with van der Waals surface area (Å²) >= 11 is 0. The zero-order valence-electron chi connectivity index (χ0n) is 16.1. The number of benzene rings is 2. The van der Waals surface area contributed by atoms with Gasteiger partial charge in [-0.2, -0.15) is 0 Å². The van der Waals surface area contributed by atoms with E-state index in [4.69, 9.17) is 0 Å². The Labute approximate surface area is 173 Å². The highest BCUT2D eigenvalue weighted by molar-refractivity contribution is 6.04. The summed E-state index contributed by atoms with van der Waals surface area (Å²) in [5.41, 5.74) is 1.70. The summed E-state index contributed by atoms with van der Waals surface area (Å²) < 4.78 is 0. The average Bonchev–Trinajstić information content (AvgIpc) is 2.80. The van der Waals surface area contributed by atoms with E-state index in [2.05, 4.69) is 37.2 Å². The third-order valence-electron chi connectivity index (χ3n) is 4.90. The number of non-ortho nitro benzene ring substituents is 1. The predicted molar refractivity (Wildman–Crippen MR) is 114 cm³/mol. The highest BCUT2D eigenvalue weighted by Gasteiger charge is 2.19. The van der Waals surface area contributed by atoms with Gasteiger partial charge >= 0.3 is 0 Å². The van der Waals surface area contributed by atoms with Crippen LogP contribution in [0.5, 0.6) is 0 Å². The Morgan fingerprint density at radius 2 is 1.60 bits per heavy atom. The van der Waals surface area contributed by atoms with Crippen LogP contribution in [0.2, 0.25) is 0 Å². The largest absolute Gasteiger partial charge is 0.368 e. The number of piperazine rings is 1. The molecule has 1 aliphatic rings. The second kappa shape index (κ2) is 8.56. The number of anilines is 3. The summed E-state index contributed by atoms with van der Waals surface area (Å²) in [6, 6.07) is 15.8. The lowest BCUT2D eigenvalue weighted by atomic mass is 10.2. The molecule has 0 saturated carbocycles. The topological polar surface area (TPSA) is 104 Å². The predicted octanol–water partition coefficient (Wildman–Crippen LogP) is 2.96. The monoisotopic (exact) mass is 404 g/mol. The Morgan fingerprint density at radius 1 is 0.933 bits per heavy atom. The van der Waals surface area contributed by atoms with E-state index in [0.717, 1.165) is 26.2 Å². The molecule has 9 nitrogen and oxygen atoms in total. The van der Waals surface area contributed by atoms with Crippen LogP contribution in [-0.2, 0) is 0 Å². The van der Waals surface area contributed by atoms with E-state index in [9.17, 15) is 14.9 Å². The molecular weight excluding hydrogens is 384 g/mol. The van der Waals surface area contributed by atoms with Gasteiger partial charge in [0.05, 0.1) is 23.0 Å². The van der Waals surface area contributed by atoms with Crippen LogP contribution >= 0.6 is 0 Å². The standard InChI is InChI=1S/C21H20N6O3/c28-20(16-5-4-8-19(13-16)27(29)30)24-17-14-22-21(23-15-17)26-11-9-25(10-12-26)18-6-2-1-3-7-18/h1-8,13-15H,9-12H2,(H,24,28). The van der Waals surface area contributed by atoms with Gasteiger partial charge in [0, 0.05) is 49.6 Å². The van der Waals surface area contributed by atoms with Crippen molar-refractivity contribution in [3.8, 4) is 0 Å². The number of nitro groups is 1. The first-order valence-electron chi connectivity index (χ1n) is 9.53. The number of nitrogens with zero attached hydrogens (tertiary/aromatic N) is 5. The third-order valence-corrected chi connectivity index (χ3v) is 4.90. The van der Waals surface area contributed by atoms with Gasteiger partial charge < -0.3 is 15.1 Å². The van der Waals surface area contributed by atoms with Crippen LogP contribution in [0, 0.1) is 10.1 Å². The van der Waals surface area contributed by atoms with E-state index in [0.29, 0.717) is 11.6 Å². The van der Waals surface area contributed by atoms with Crippen LogP contribution in [-0.4, -0.2) is 47.0 Å². The van der Waals surface area contributed by atoms with Gasteiger partial charge in [-0.05, 0) is 18.2 Å². The van der Waals surface area contributed by atoms with Crippen LogP contribution in [0.1, 0.15) is 10.4 Å². The molecule has 1 aliphatic heterocycles.